The van der Waals surface area contributed by atoms with E-state index in [1.807, 2.05) is 12.2 Å². The molecule has 0 nitrogen and oxygen atoms in total. The first-order valence-electron chi connectivity index (χ1n) is 4.15. The molecule has 0 spiro atoms. The van der Waals surface area contributed by atoms with Gasteiger partial charge in [0.1, 0.15) is 0 Å². The maximum atomic E-state index is 2.21. The number of allylic oxidation sites excluding steroid dienone is 8. The number of hydrogen-bond acceptors (Lipinski definition) is 0. The van der Waals surface area contributed by atoms with E-state index in [1.54, 1.807) is 0 Å². The fourth-order valence-corrected chi connectivity index (χ4v) is 0.960. The third kappa shape index (κ3) is 4.38. The molecule has 1 rings (SSSR count). The normalized spacial score (nSPS) is 24.0. The zero-order valence-electron chi connectivity index (χ0n) is 6.74. The van der Waals surface area contributed by atoms with E-state index in [0.717, 1.165) is 0 Å². The Hall–Kier alpha value is -1.04. The summed E-state index contributed by atoms with van der Waals surface area (Å²) in [4.78, 5) is 0. The molecule has 0 saturated carbocycles. The average Bonchev–Trinajstić information content (AvgIpc) is 2.08. The third-order valence-electron chi connectivity index (χ3n) is 1.57. The minimum atomic E-state index is 1.19. The first-order chi connectivity index (χ1) is 5.50. The Morgan fingerprint density at radius 3 is 1.55 bits per heavy atom. The summed E-state index contributed by atoms with van der Waals surface area (Å²) in [6, 6.07) is 0. The number of hydrogen-bond donors (Lipinski definition) is 0. The van der Waals surface area contributed by atoms with E-state index in [4.69, 9.17) is 0 Å². The average molecular weight is 146 g/mol. The zero-order valence-corrected chi connectivity index (χ0v) is 6.74. The van der Waals surface area contributed by atoms with Crippen molar-refractivity contribution in [3.05, 3.63) is 48.6 Å². The van der Waals surface area contributed by atoms with Crippen molar-refractivity contribution in [1.82, 2.24) is 0 Å². The highest BCUT2D eigenvalue weighted by Crippen LogP contribution is 1.99. The molecule has 1 aliphatic carbocycles. The summed E-state index contributed by atoms with van der Waals surface area (Å²) in [6.07, 6.45) is 20.5. The van der Waals surface area contributed by atoms with E-state index in [-0.39, 0.29) is 0 Å². The molecule has 11 heavy (non-hydrogen) atoms. The van der Waals surface area contributed by atoms with Gasteiger partial charge in [0, 0.05) is 0 Å². The summed E-state index contributed by atoms with van der Waals surface area (Å²) in [7, 11) is 0. The fraction of sp³-hybridized carbons (Fsp3) is 0.273. The van der Waals surface area contributed by atoms with Gasteiger partial charge in [-0.1, -0.05) is 48.6 Å². The van der Waals surface area contributed by atoms with Crippen molar-refractivity contribution < 1.29 is 0 Å². The molecule has 58 valence electrons. The zero-order chi connectivity index (χ0) is 7.78. The van der Waals surface area contributed by atoms with Crippen molar-refractivity contribution in [2.24, 2.45) is 0 Å². The van der Waals surface area contributed by atoms with Crippen molar-refractivity contribution in [1.29, 1.82) is 0 Å². The van der Waals surface area contributed by atoms with Crippen LogP contribution in [0.4, 0.5) is 0 Å². The lowest BCUT2D eigenvalue weighted by Crippen LogP contribution is -1.67. The lowest BCUT2D eigenvalue weighted by molar-refractivity contribution is 0.868. The first-order valence-corrected chi connectivity index (χ1v) is 4.15. The van der Waals surface area contributed by atoms with E-state index >= 15 is 0 Å². The topological polar surface area (TPSA) is 0 Å². The van der Waals surface area contributed by atoms with Crippen molar-refractivity contribution >= 4 is 0 Å². The Kier molecular flexibility index (Phi) is 4.19. The molecule has 0 aromatic rings. The van der Waals surface area contributed by atoms with Crippen LogP contribution in [-0.4, -0.2) is 0 Å². The third-order valence-corrected chi connectivity index (χ3v) is 1.57. The van der Waals surface area contributed by atoms with Crippen LogP contribution in [0.15, 0.2) is 48.6 Å². The Morgan fingerprint density at radius 1 is 0.545 bits per heavy atom. The van der Waals surface area contributed by atoms with E-state index in [9.17, 15) is 0 Å². The maximum absolute atomic E-state index is 2.21. The van der Waals surface area contributed by atoms with Crippen LogP contribution in [0, 0.1) is 0 Å². The Bertz CT molecular complexity index is 170. The maximum Gasteiger partial charge on any atom is -0.0345 e. The lowest BCUT2D eigenvalue weighted by Gasteiger charge is -1.87. The Morgan fingerprint density at radius 2 is 1.00 bits per heavy atom. The largest absolute Gasteiger partial charge is 0.0845 e. The van der Waals surface area contributed by atoms with Crippen molar-refractivity contribution in [2.75, 3.05) is 0 Å². The van der Waals surface area contributed by atoms with Gasteiger partial charge in [-0.15, -0.1) is 0 Å². The molecule has 0 atom stereocenters. The second-order valence-corrected chi connectivity index (χ2v) is 2.56. The molecule has 0 N–H and O–H groups in total. The summed E-state index contributed by atoms with van der Waals surface area (Å²) in [5, 5.41) is 0. The van der Waals surface area contributed by atoms with Gasteiger partial charge in [0.15, 0.2) is 0 Å². The van der Waals surface area contributed by atoms with E-state index in [0.29, 0.717) is 0 Å². The molecule has 0 unspecified atom stereocenters. The van der Waals surface area contributed by atoms with Gasteiger partial charge in [-0.25, -0.2) is 0 Å². The molecule has 0 aromatic carbocycles. The monoisotopic (exact) mass is 146 g/mol. The molecule has 0 fully saturated rings. The first kappa shape index (κ1) is 8.06. The van der Waals surface area contributed by atoms with Gasteiger partial charge in [0.25, 0.3) is 0 Å². The summed E-state index contributed by atoms with van der Waals surface area (Å²) in [5.74, 6) is 0. The van der Waals surface area contributed by atoms with E-state index in [2.05, 4.69) is 36.5 Å². The van der Waals surface area contributed by atoms with Gasteiger partial charge in [0.05, 0.1) is 0 Å². The van der Waals surface area contributed by atoms with Crippen LogP contribution in [0.3, 0.4) is 0 Å². The molecule has 0 radical (unpaired) electrons. The van der Waals surface area contributed by atoms with Gasteiger partial charge in [0.2, 0.25) is 0 Å². The molecule has 0 amide bonds. The van der Waals surface area contributed by atoms with Gasteiger partial charge < -0.3 is 0 Å². The molecular formula is C11H14. The Balaban J connectivity index is 2.47. The second kappa shape index (κ2) is 5.72. The highest BCUT2D eigenvalue weighted by atomic mass is 13.9. The SMILES string of the molecule is C1=C/C=C/C=C\CCCC=C1. The van der Waals surface area contributed by atoms with Crippen molar-refractivity contribution in [2.45, 2.75) is 19.3 Å². The van der Waals surface area contributed by atoms with Crippen LogP contribution in [0.2, 0.25) is 0 Å². The minimum Gasteiger partial charge on any atom is -0.0845 e. The van der Waals surface area contributed by atoms with E-state index < -0.39 is 0 Å². The summed E-state index contributed by atoms with van der Waals surface area (Å²) < 4.78 is 0. The number of rotatable bonds is 0. The van der Waals surface area contributed by atoms with Crippen molar-refractivity contribution in [3.8, 4) is 0 Å². The van der Waals surface area contributed by atoms with E-state index in [1.165, 1.54) is 19.3 Å². The van der Waals surface area contributed by atoms with Gasteiger partial charge >= 0.3 is 0 Å². The van der Waals surface area contributed by atoms with Crippen LogP contribution in [0.25, 0.3) is 0 Å². The molecule has 0 bridgehead atoms. The molecule has 1 aliphatic rings. The molecule has 0 heteroatoms. The van der Waals surface area contributed by atoms with Gasteiger partial charge in [-0.05, 0) is 19.3 Å². The summed E-state index contributed by atoms with van der Waals surface area (Å²) in [5.41, 5.74) is 0. The minimum absolute atomic E-state index is 1.19. The highest BCUT2D eigenvalue weighted by Gasteiger charge is 1.79. The molecule has 0 saturated heterocycles. The second-order valence-electron chi connectivity index (χ2n) is 2.56. The Labute approximate surface area is 68.6 Å². The predicted molar refractivity (Wildman–Crippen MR) is 50.4 cm³/mol. The van der Waals surface area contributed by atoms with Crippen LogP contribution < -0.4 is 0 Å². The van der Waals surface area contributed by atoms with Gasteiger partial charge in [-0.3, -0.25) is 0 Å². The standard InChI is InChI=1S/C11H14/c1-2-4-6-8-10-11-9-7-5-3-1/h1-8H,9-11H2/b3-1+,4-2?,7-5-,8-6?. The van der Waals surface area contributed by atoms with Crippen LogP contribution >= 0.6 is 0 Å². The van der Waals surface area contributed by atoms with Crippen LogP contribution in [0.1, 0.15) is 19.3 Å². The van der Waals surface area contributed by atoms with Crippen molar-refractivity contribution in [3.63, 3.8) is 0 Å². The lowest BCUT2D eigenvalue weighted by atomic mass is 10.2. The molecule has 0 aromatic heterocycles. The summed E-state index contributed by atoms with van der Waals surface area (Å²) >= 11 is 0. The summed E-state index contributed by atoms with van der Waals surface area (Å²) in [6.45, 7) is 0. The van der Waals surface area contributed by atoms with Gasteiger partial charge in [-0.2, -0.15) is 0 Å². The highest BCUT2D eigenvalue weighted by molar-refractivity contribution is 5.15. The predicted octanol–water partition coefficient (Wildman–Crippen LogP) is 3.40. The fourth-order valence-electron chi connectivity index (χ4n) is 0.960. The molecule has 0 heterocycles. The molecular weight excluding hydrogens is 132 g/mol. The quantitative estimate of drug-likeness (QED) is 0.491. The smallest absolute Gasteiger partial charge is 0.0345 e. The van der Waals surface area contributed by atoms with Crippen LogP contribution in [-0.2, 0) is 0 Å². The van der Waals surface area contributed by atoms with Crippen LogP contribution in [0.5, 0.6) is 0 Å². The molecule has 0 aliphatic heterocycles.